The van der Waals surface area contributed by atoms with E-state index in [0.29, 0.717) is 6.42 Å². The second kappa shape index (κ2) is 3.01. The molecule has 2 aliphatic rings. The summed E-state index contributed by atoms with van der Waals surface area (Å²) in [5, 5.41) is 2.76. The molecule has 2 atom stereocenters. The molecule has 0 unspecified atom stereocenters. The molecular weight excluding hydrogens is 168 g/mol. The Labute approximate surface area is 77.3 Å². The van der Waals surface area contributed by atoms with Crippen molar-refractivity contribution < 1.29 is 9.59 Å². The van der Waals surface area contributed by atoms with Crippen molar-refractivity contribution in [2.75, 3.05) is 6.54 Å². The Bertz CT molecular complexity index is 252. The minimum atomic E-state index is -0.276. The molecule has 0 radical (unpaired) electrons. The Hall–Kier alpha value is -1.06. The van der Waals surface area contributed by atoms with Crippen molar-refractivity contribution in [3.8, 4) is 0 Å². The first kappa shape index (κ1) is 8.53. The summed E-state index contributed by atoms with van der Waals surface area (Å²) in [6.45, 7) is 2.67. The van der Waals surface area contributed by atoms with E-state index in [0.717, 1.165) is 19.4 Å². The Kier molecular flexibility index (Phi) is 1.98. The average Bonchev–Trinajstić information content (AvgIpc) is 2.60. The van der Waals surface area contributed by atoms with E-state index < -0.39 is 0 Å². The van der Waals surface area contributed by atoms with Crippen LogP contribution in [-0.4, -0.2) is 35.3 Å². The largest absolute Gasteiger partial charge is 0.343 e. The third-order valence-electron chi connectivity index (χ3n) is 2.86. The van der Waals surface area contributed by atoms with Gasteiger partial charge in [0, 0.05) is 6.54 Å². The molecule has 0 aromatic rings. The van der Waals surface area contributed by atoms with Crippen LogP contribution in [0.3, 0.4) is 0 Å². The molecule has 13 heavy (non-hydrogen) atoms. The molecule has 0 spiro atoms. The van der Waals surface area contributed by atoms with Gasteiger partial charge in [-0.2, -0.15) is 0 Å². The second-order valence-corrected chi connectivity index (χ2v) is 3.66. The van der Waals surface area contributed by atoms with Crippen LogP contribution in [0.5, 0.6) is 0 Å². The van der Waals surface area contributed by atoms with Crippen LogP contribution in [-0.2, 0) is 9.59 Å². The monoisotopic (exact) mass is 182 g/mol. The maximum Gasteiger partial charge on any atom is 0.245 e. The molecule has 4 heteroatoms. The van der Waals surface area contributed by atoms with E-state index in [4.69, 9.17) is 0 Å². The van der Waals surface area contributed by atoms with Crippen molar-refractivity contribution in [3.63, 3.8) is 0 Å². The van der Waals surface area contributed by atoms with Crippen LogP contribution in [0.25, 0.3) is 0 Å². The molecule has 72 valence electrons. The molecule has 0 aromatic carbocycles. The van der Waals surface area contributed by atoms with Crippen molar-refractivity contribution in [1.29, 1.82) is 0 Å². The SMILES string of the molecule is CC[C@H]1NC(=O)[C@H]2CCCN2C1=O. The van der Waals surface area contributed by atoms with Crippen LogP contribution in [0, 0.1) is 0 Å². The number of amides is 2. The summed E-state index contributed by atoms with van der Waals surface area (Å²) >= 11 is 0. The summed E-state index contributed by atoms with van der Waals surface area (Å²) in [5.41, 5.74) is 0. The van der Waals surface area contributed by atoms with Gasteiger partial charge in [-0.15, -0.1) is 0 Å². The first-order chi connectivity index (χ1) is 6.24. The van der Waals surface area contributed by atoms with Crippen molar-refractivity contribution in [3.05, 3.63) is 0 Å². The number of fused-ring (bicyclic) bond motifs is 1. The lowest BCUT2D eigenvalue weighted by atomic mass is 10.1. The van der Waals surface area contributed by atoms with E-state index in [-0.39, 0.29) is 23.9 Å². The predicted octanol–water partition coefficient (Wildman–Crippen LogP) is -0.114. The molecule has 2 fully saturated rings. The van der Waals surface area contributed by atoms with Crippen LogP contribution in [0.1, 0.15) is 26.2 Å². The summed E-state index contributed by atoms with van der Waals surface area (Å²) in [7, 11) is 0. The Morgan fingerprint density at radius 3 is 3.00 bits per heavy atom. The minimum absolute atomic E-state index is 0.0314. The van der Waals surface area contributed by atoms with E-state index in [9.17, 15) is 9.59 Å². The molecule has 4 nitrogen and oxygen atoms in total. The fourth-order valence-corrected chi connectivity index (χ4v) is 2.11. The van der Waals surface area contributed by atoms with Crippen LogP contribution in [0.2, 0.25) is 0 Å². The predicted molar refractivity (Wildman–Crippen MR) is 47.0 cm³/mol. The van der Waals surface area contributed by atoms with E-state index >= 15 is 0 Å². The molecule has 2 amide bonds. The minimum Gasteiger partial charge on any atom is -0.343 e. The van der Waals surface area contributed by atoms with Gasteiger partial charge in [0.25, 0.3) is 0 Å². The Morgan fingerprint density at radius 2 is 2.31 bits per heavy atom. The first-order valence-electron chi connectivity index (χ1n) is 4.85. The smallest absolute Gasteiger partial charge is 0.245 e. The maximum absolute atomic E-state index is 11.7. The average molecular weight is 182 g/mol. The zero-order valence-corrected chi connectivity index (χ0v) is 7.75. The number of rotatable bonds is 1. The lowest BCUT2D eigenvalue weighted by Gasteiger charge is -2.34. The molecule has 0 aliphatic carbocycles. The first-order valence-corrected chi connectivity index (χ1v) is 4.85. The van der Waals surface area contributed by atoms with Gasteiger partial charge >= 0.3 is 0 Å². The quantitative estimate of drug-likeness (QED) is 0.615. The highest BCUT2D eigenvalue weighted by Gasteiger charge is 2.41. The van der Waals surface area contributed by atoms with Crippen LogP contribution < -0.4 is 5.32 Å². The standard InChI is InChI=1S/C9H14N2O2/c1-2-6-9(13)11-5-3-4-7(11)8(12)10-6/h6-7H,2-5H2,1H3,(H,10,12)/t6-,7-/m1/s1. The van der Waals surface area contributed by atoms with Gasteiger partial charge < -0.3 is 10.2 Å². The van der Waals surface area contributed by atoms with Gasteiger partial charge in [0.2, 0.25) is 11.8 Å². The van der Waals surface area contributed by atoms with Crippen LogP contribution in [0.15, 0.2) is 0 Å². The van der Waals surface area contributed by atoms with Gasteiger partial charge in [-0.3, -0.25) is 9.59 Å². The number of carbonyl (C=O) groups is 2. The van der Waals surface area contributed by atoms with E-state index in [2.05, 4.69) is 5.32 Å². The molecule has 0 saturated carbocycles. The Balaban J connectivity index is 2.19. The van der Waals surface area contributed by atoms with E-state index in [1.807, 2.05) is 6.92 Å². The highest BCUT2D eigenvalue weighted by Crippen LogP contribution is 2.22. The number of nitrogens with one attached hydrogen (secondary N) is 1. The van der Waals surface area contributed by atoms with Gasteiger partial charge in [0.05, 0.1) is 0 Å². The number of piperazine rings is 1. The highest BCUT2D eigenvalue weighted by atomic mass is 16.2. The summed E-state index contributed by atoms with van der Waals surface area (Å²) < 4.78 is 0. The lowest BCUT2D eigenvalue weighted by molar-refractivity contribution is -0.147. The molecule has 0 aromatic heterocycles. The molecule has 0 bridgehead atoms. The summed E-state index contributed by atoms with van der Waals surface area (Å²) in [5.74, 6) is 0.133. The number of nitrogens with zero attached hydrogens (tertiary/aromatic N) is 1. The van der Waals surface area contributed by atoms with Gasteiger partial charge in [-0.1, -0.05) is 6.92 Å². The topological polar surface area (TPSA) is 49.4 Å². The number of hydrogen-bond donors (Lipinski definition) is 1. The van der Waals surface area contributed by atoms with Gasteiger partial charge in [0.15, 0.2) is 0 Å². The number of hydrogen-bond acceptors (Lipinski definition) is 2. The zero-order valence-electron chi connectivity index (χ0n) is 7.75. The highest BCUT2D eigenvalue weighted by molar-refractivity contribution is 5.97. The lowest BCUT2D eigenvalue weighted by Crippen LogP contribution is -2.60. The molecule has 2 rings (SSSR count). The third-order valence-corrected chi connectivity index (χ3v) is 2.86. The zero-order chi connectivity index (χ0) is 9.42. The fourth-order valence-electron chi connectivity index (χ4n) is 2.11. The fraction of sp³-hybridized carbons (Fsp3) is 0.778. The van der Waals surface area contributed by atoms with E-state index in [1.54, 1.807) is 4.90 Å². The van der Waals surface area contributed by atoms with Crippen molar-refractivity contribution >= 4 is 11.8 Å². The summed E-state index contributed by atoms with van der Waals surface area (Å²) in [6.07, 6.45) is 2.47. The molecule has 2 heterocycles. The van der Waals surface area contributed by atoms with Crippen molar-refractivity contribution in [1.82, 2.24) is 10.2 Å². The molecular formula is C9H14N2O2. The number of carbonyl (C=O) groups excluding carboxylic acids is 2. The second-order valence-electron chi connectivity index (χ2n) is 3.66. The van der Waals surface area contributed by atoms with Crippen LogP contribution >= 0.6 is 0 Å². The van der Waals surface area contributed by atoms with E-state index in [1.165, 1.54) is 0 Å². The summed E-state index contributed by atoms with van der Waals surface area (Å²) in [4.78, 5) is 24.9. The third kappa shape index (κ3) is 1.20. The van der Waals surface area contributed by atoms with Crippen molar-refractivity contribution in [2.24, 2.45) is 0 Å². The summed E-state index contributed by atoms with van der Waals surface area (Å²) in [6, 6.07) is -0.447. The van der Waals surface area contributed by atoms with Gasteiger partial charge in [-0.05, 0) is 19.3 Å². The normalized spacial score (nSPS) is 33.2. The molecule has 2 aliphatic heterocycles. The maximum atomic E-state index is 11.7. The molecule has 2 saturated heterocycles. The van der Waals surface area contributed by atoms with Gasteiger partial charge in [-0.25, -0.2) is 0 Å². The van der Waals surface area contributed by atoms with Crippen LogP contribution in [0.4, 0.5) is 0 Å². The Morgan fingerprint density at radius 1 is 1.54 bits per heavy atom. The van der Waals surface area contributed by atoms with Gasteiger partial charge in [0.1, 0.15) is 12.1 Å². The molecule has 1 N–H and O–H groups in total. The van der Waals surface area contributed by atoms with Crippen molar-refractivity contribution in [2.45, 2.75) is 38.3 Å².